The summed E-state index contributed by atoms with van der Waals surface area (Å²) in [7, 11) is 0. The van der Waals surface area contributed by atoms with Gasteiger partial charge in [0.15, 0.2) is 0 Å². The molecule has 0 N–H and O–H groups in total. The van der Waals surface area contributed by atoms with Crippen LogP contribution in [0.4, 0.5) is 0 Å². The van der Waals surface area contributed by atoms with Crippen molar-refractivity contribution in [3.63, 3.8) is 0 Å². The molecule has 14 heavy (non-hydrogen) atoms. The van der Waals surface area contributed by atoms with Crippen LogP contribution in [-0.4, -0.2) is 12.7 Å². The second kappa shape index (κ2) is 4.79. The highest BCUT2D eigenvalue weighted by atomic mass is 16.5. The molecule has 0 heterocycles. The SMILES string of the molecule is CCC/C=C\COC1C2C=CC1CC2. The molecule has 2 unspecified atom stereocenters. The van der Waals surface area contributed by atoms with Gasteiger partial charge in [-0.1, -0.05) is 37.6 Å². The van der Waals surface area contributed by atoms with E-state index in [9.17, 15) is 0 Å². The number of unbranched alkanes of at least 4 members (excludes halogenated alkanes) is 1. The Morgan fingerprint density at radius 3 is 2.50 bits per heavy atom. The summed E-state index contributed by atoms with van der Waals surface area (Å²) < 4.78 is 5.89. The molecule has 2 atom stereocenters. The molecular weight excluding hydrogens is 172 g/mol. The Morgan fingerprint density at radius 2 is 1.93 bits per heavy atom. The minimum Gasteiger partial charge on any atom is -0.373 e. The molecule has 2 rings (SSSR count). The van der Waals surface area contributed by atoms with Crippen molar-refractivity contribution in [3.8, 4) is 0 Å². The third kappa shape index (κ3) is 2.09. The fraction of sp³-hybridized carbons (Fsp3) is 0.692. The van der Waals surface area contributed by atoms with E-state index in [4.69, 9.17) is 4.74 Å². The standard InChI is InChI=1S/C13H20O/c1-2-3-4-5-10-14-13-11-6-7-12(13)9-8-11/h4-7,11-13H,2-3,8-10H2,1H3/b5-4-. The van der Waals surface area contributed by atoms with Crippen LogP contribution in [0.25, 0.3) is 0 Å². The van der Waals surface area contributed by atoms with E-state index < -0.39 is 0 Å². The van der Waals surface area contributed by atoms with Gasteiger partial charge in [0.05, 0.1) is 12.7 Å². The van der Waals surface area contributed by atoms with Gasteiger partial charge in [0.25, 0.3) is 0 Å². The van der Waals surface area contributed by atoms with Crippen LogP contribution in [0, 0.1) is 11.8 Å². The molecular formula is C13H20O. The first kappa shape index (κ1) is 9.97. The minimum atomic E-state index is 0.501. The van der Waals surface area contributed by atoms with Crippen LogP contribution in [0.2, 0.25) is 0 Å². The van der Waals surface area contributed by atoms with Crippen molar-refractivity contribution in [3.05, 3.63) is 24.3 Å². The summed E-state index contributed by atoms with van der Waals surface area (Å²) in [5, 5.41) is 0. The zero-order valence-electron chi connectivity index (χ0n) is 8.99. The van der Waals surface area contributed by atoms with Crippen LogP contribution in [-0.2, 0) is 4.74 Å². The monoisotopic (exact) mass is 192 g/mol. The summed E-state index contributed by atoms with van der Waals surface area (Å²) in [5.74, 6) is 1.44. The Labute approximate surface area is 86.8 Å². The van der Waals surface area contributed by atoms with Crippen molar-refractivity contribution in [2.45, 2.75) is 38.7 Å². The molecule has 2 aliphatic rings. The molecule has 0 spiro atoms. The largest absolute Gasteiger partial charge is 0.373 e. The highest BCUT2D eigenvalue weighted by Gasteiger charge is 2.37. The molecule has 0 radical (unpaired) electrons. The van der Waals surface area contributed by atoms with Gasteiger partial charge in [-0.3, -0.25) is 0 Å². The molecule has 1 fully saturated rings. The molecule has 0 saturated heterocycles. The third-order valence-electron chi connectivity index (χ3n) is 3.29. The lowest BCUT2D eigenvalue weighted by Gasteiger charge is -2.15. The molecule has 0 amide bonds. The zero-order valence-corrected chi connectivity index (χ0v) is 8.99. The predicted octanol–water partition coefficient (Wildman–Crippen LogP) is 3.32. The maximum absolute atomic E-state index is 5.89. The second-order valence-electron chi connectivity index (χ2n) is 4.35. The van der Waals surface area contributed by atoms with E-state index in [0.29, 0.717) is 6.10 Å². The molecule has 0 aromatic heterocycles. The molecule has 1 nitrogen and oxygen atoms in total. The maximum atomic E-state index is 5.89. The Bertz CT molecular complexity index is 215. The van der Waals surface area contributed by atoms with Gasteiger partial charge < -0.3 is 4.74 Å². The highest BCUT2D eigenvalue weighted by molar-refractivity contribution is 5.12. The van der Waals surface area contributed by atoms with Crippen molar-refractivity contribution >= 4 is 0 Å². The second-order valence-corrected chi connectivity index (χ2v) is 4.35. The van der Waals surface area contributed by atoms with E-state index in [0.717, 1.165) is 18.4 Å². The van der Waals surface area contributed by atoms with Crippen molar-refractivity contribution in [2.75, 3.05) is 6.61 Å². The van der Waals surface area contributed by atoms with E-state index in [1.54, 1.807) is 0 Å². The smallest absolute Gasteiger partial charge is 0.0704 e. The first-order chi connectivity index (χ1) is 6.92. The number of fused-ring (bicyclic) bond motifs is 2. The lowest BCUT2D eigenvalue weighted by atomic mass is 10.1. The first-order valence-corrected chi connectivity index (χ1v) is 5.86. The maximum Gasteiger partial charge on any atom is 0.0704 e. The Balaban J connectivity index is 1.67. The quantitative estimate of drug-likeness (QED) is 0.607. The van der Waals surface area contributed by atoms with Crippen LogP contribution >= 0.6 is 0 Å². The van der Waals surface area contributed by atoms with Crippen molar-refractivity contribution in [1.82, 2.24) is 0 Å². The van der Waals surface area contributed by atoms with Crippen LogP contribution in [0.5, 0.6) is 0 Å². The zero-order chi connectivity index (χ0) is 9.80. The molecule has 2 bridgehead atoms. The minimum absolute atomic E-state index is 0.501. The molecule has 0 aliphatic heterocycles. The van der Waals surface area contributed by atoms with Crippen molar-refractivity contribution < 1.29 is 4.74 Å². The number of ether oxygens (including phenoxy) is 1. The van der Waals surface area contributed by atoms with Crippen LogP contribution in [0.1, 0.15) is 32.6 Å². The van der Waals surface area contributed by atoms with Gasteiger partial charge >= 0.3 is 0 Å². The molecule has 0 aromatic carbocycles. The molecule has 0 aromatic rings. The number of rotatable bonds is 5. The molecule has 1 heteroatoms. The van der Waals surface area contributed by atoms with E-state index in [-0.39, 0.29) is 0 Å². The number of hydrogen-bond acceptors (Lipinski definition) is 1. The highest BCUT2D eigenvalue weighted by Crippen LogP contribution is 2.40. The first-order valence-electron chi connectivity index (χ1n) is 5.86. The predicted molar refractivity (Wildman–Crippen MR) is 59.1 cm³/mol. The van der Waals surface area contributed by atoms with Crippen LogP contribution in [0.3, 0.4) is 0 Å². The lowest BCUT2D eigenvalue weighted by Crippen LogP contribution is -2.18. The van der Waals surface area contributed by atoms with E-state index in [1.807, 2.05) is 0 Å². The summed E-state index contributed by atoms with van der Waals surface area (Å²) in [4.78, 5) is 0. The van der Waals surface area contributed by atoms with E-state index in [2.05, 4.69) is 31.2 Å². The van der Waals surface area contributed by atoms with Gasteiger partial charge in [0.2, 0.25) is 0 Å². The number of hydrogen-bond donors (Lipinski definition) is 0. The van der Waals surface area contributed by atoms with Gasteiger partial charge in [-0.25, -0.2) is 0 Å². The topological polar surface area (TPSA) is 9.23 Å². The van der Waals surface area contributed by atoms with Gasteiger partial charge in [0.1, 0.15) is 0 Å². The Kier molecular flexibility index (Phi) is 3.41. The van der Waals surface area contributed by atoms with Gasteiger partial charge in [-0.15, -0.1) is 0 Å². The molecule has 2 aliphatic carbocycles. The fourth-order valence-electron chi connectivity index (χ4n) is 2.49. The van der Waals surface area contributed by atoms with E-state index in [1.165, 1.54) is 25.7 Å². The third-order valence-corrected chi connectivity index (χ3v) is 3.29. The summed E-state index contributed by atoms with van der Waals surface area (Å²) in [6.07, 6.45) is 14.7. The lowest BCUT2D eigenvalue weighted by molar-refractivity contribution is 0.0476. The van der Waals surface area contributed by atoms with Crippen molar-refractivity contribution in [2.24, 2.45) is 11.8 Å². The van der Waals surface area contributed by atoms with Gasteiger partial charge in [-0.2, -0.15) is 0 Å². The Morgan fingerprint density at radius 1 is 1.21 bits per heavy atom. The van der Waals surface area contributed by atoms with Gasteiger partial charge in [-0.05, 0) is 19.3 Å². The number of allylic oxidation sites excluding steroid dienone is 1. The van der Waals surface area contributed by atoms with Crippen molar-refractivity contribution in [1.29, 1.82) is 0 Å². The fourth-order valence-corrected chi connectivity index (χ4v) is 2.49. The average molecular weight is 192 g/mol. The molecule has 78 valence electrons. The molecule has 1 saturated carbocycles. The summed E-state index contributed by atoms with van der Waals surface area (Å²) >= 11 is 0. The van der Waals surface area contributed by atoms with Crippen LogP contribution in [0.15, 0.2) is 24.3 Å². The summed E-state index contributed by atoms with van der Waals surface area (Å²) in [6, 6.07) is 0. The Hall–Kier alpha value is -0.560. The average Bonchev–Trinajstić information content (AvgIpc) is 2.77. The normalized spacial score (nSPS) is 34.8. The summed E-state index contributed by atoms with van der Waals surface area (Å²) in [5.41, 5.74) is 0. The van der Waals surface area contributed by atoms with Crippen LogP contribution < -0.4 is 0 Å². The summed E-state index contributed by atoms with van der Waals surface area (Å²) in [6.45, 7) is 3.01. The van der Waals surface area contributed by atoms with E-state index >= 15 is 0 Å². The van der Waals surface area contributed by atoms with Gasteiger partial charge in [0, 0.05) is 11.8 Å².